The molecule has 302 valence electrons. The van der Waals surface area contributed by atoms with E-state index in [1.807, 2.05) is 24.3 Å². The zero-order valence-corrected chi connectivity index (χ0v) is 33.2. The summed E-state index contributed by atoms with van der Waals surface area (Å²) in [5, 5.41) is 8.86. The fourth-order valence-electron chi connectivity index (χ4n) is 4.72. The van der Waals surface area contributed by atoms with Gasteiger partial charge in [0.1, 0.15) is 12.6 Å². The number of esters is 2. The van der Waals surface area contributed by atoms with Gasteiger partial charge in [-0.3, -0.25) is 23.4 Å². The lowest BCUT2D eigenvalue weighted by Crippen LogP contribution is -2.34. The average Bonchev–Trinajstić information content (AvgIpc) is 3.13. The number of nitrogens with two attached hydrogens (primary N) is 1. The second kappa shape index (κ2) is 35.9. The summed E-state index contributed by atoms with van der Waals surface area (Å²) in [7, 11) is -4.72. The quantitative estimate of drug-likeness (QED) is 0.0184. The van der Waals surface area contributed by atoms with Crippen LogP contribution in [0.1, 0.15) is 136 Å². The van der Waals surface area contributed by atoms with Crippen molar-refractivity contribution in [3.8, 4) is 0 Å². The van der Waals surface area contributed by atoms with Gasteiger partial charge in [-0.25, -0.2) is 4.57 Å². The summed E-state index contributed by atoms with van der Waals surface area (Å²) in [5.41, 5.74) is 5.32. The van der Waals surface area contributed by atoms with Crippen LogP contribution in [0.15, 0.2) is 72.9 Å². The molecule has 0 saturated heterocycles. The predicted molar refractivity (Wildman–Crippen MR) is 212 cm³/mol. The Kier molecular flexibility index (Phi) is 33.8. The zero-order valence-electron chi connectivity index (χ0n) is 32.3. The van der Waals surface area contributed by atoms with Crippen molar-refractivity contribution in [3.63, 3.8) is 0 Å². The van der Waals surface area contributed by atoms with Crippen molar-refractivity contribution in [2.24, 2.45) is 5.73 Å². The average molecular weight is 766 g/mol. The fourth-order valence-corrected chi connectivity index (χ4v) is 5.50. The lowest BCUT2D eigenvalue weighted by molar-refractivity contribution is -0.161. The molecule has 53 heavy (non-hydrogen) atoms. The Labute approximate surface area is 319 Å². The fraction of sp³-hybridized carbons (Fsp3) is 0.634. The first kappa shape index (κ1) is 49.9. The van der Waals surface area contributed by atoms with Gasteiger partial charge in [-0.2, -0.15) is 0 Å². The molecule has 0 aromatic rings. The Morgan fingerprint density at radius 2 is 1.09 bits per heavy atom. The molecule has 0 aliphatic heterocycles. The summed E-state index contributed by atoms with van der Waals surface area (Å²) >= 11 is 0. The van der Waals surface area contributed by atoms with E-state index in [1.54, 1.807) is 0 Å². The topological polar surface area (TPSA) is 172 Å². The van der Waals surface area contributed by atoms with Crippen molar-refractivity contribution < 1.29 is 47.5 Å². The number of carboxylic acids is 1. The van der Waals surface area contributed by atoms with Crippen LogP contribution in [0.25, 0.3) is 0 Å². The number of phosphoric ester groups is 1. The number of rotatable bonds is 35. The largest absolute Gasteiger partial charge is 0.480 e. The number of hydrogen-bond donors (Lipinski definition) is 3. The summed E-state index contributed by atoms with van der Waals surface area (Å²) in [6.07, 6.45) is 41.1. The van der Waals surface area contributed by atoms with Crippen LogP contribution in [0.4, 0.5) is 0 Å². The summed E-state index contributed by atoms with van der Waals surface area (Å²) in [6, 6.07) is -1.53. The number of carbonyl (C=O) groups excluding carboxylic acids is 2. The molecule has 3 atom stereocenters. The van der Waals surface area contributed by atoms with E-state index in [9.17, 15) is 23.8 Å². The number of carbonyl (C=O) groups is 3. The van der Waals surface area contributed by atoms with Crippen molar-refractivity contribution >= 4 is 25.7 Å². The van der Waals surface area contributed by atoms with Crippen molar-refractivity contribution in [1.29, 1.82) is 0 Å². The minimum absolute atomic E-state index is 0.131. The molecule has 0 radical (unpaired) electrons. The van der Waals surface area contributed by atoms with Gasteiger partial charge in [0.25, 0.3) is 0 Å². The Bertz CT molecular complexity index is 1180. The first-order chi connectivity index (χ1) is 25.6. The third-order valence-corrected chi connectivity index (χ3v) is 8.71. The number of allylic oxidation sites excluding steroid dienone is 12. The van der Waals surface area contributed by atoms with Crippen molar-refractivity contribution in [2.45, 2.75) is 148 Å². The van der Waals surface area contributed by atoms with Gasteiger partial charge in [0.15, 0.2) is 6.10 Å². The summed E-state index contributed by atoms with van der Waals surface area (Å²) in [6.45, 7) is 2.49. The minimum atomic E-state index is -4.72. The highest BCUT2D eigenvalue weighted by molar-refractivity contribution is 7.47. The van der Waals surface area contributed by atoms with E-state index in [0.29, 0.717) is 12.8 Å². The summed E-state index contributed by atoms with van der Waals surface area (Å²) in [5.74, 6) is -2.44. The van der Waals surface area contributed by atoms with Gasteiger partial charge in [0, 0.05) is 12.8 Å². The molecule has 0 aromatic carbocycles. The molecule has 0 heterocycles. The monoisotopic (exact) mass is 765 g/mol. The molecule has 12 heteroatoms. The molecule has 0 rings (SSSR count). The lowest BCUT2D eigenvalue weighted by Gasteiger charge is -2.20. The van der Waals surface area contributed by atoms with E-state index in [4.69, 9.17) is 24.8 Å². The standard InChI is InChI=1S/C41H68NO10P/c1-3-5-7-9-11-13-15-17-18-19-21-22-24-26-28-30-32-39(43)49-34-37(35-50-53(47,48)51-36-38(42)41(45)46)52-40(44)33-31-29-27-25-23-20-16-14-12-10-8-6-4-2/h5-8,10-14,16-18,37-38H,3-4,9,15,19-36,42H2,1-2H3,(H,45,46)(H,47,48)/b7-5+,8-6+,12-10+,13-11+,16-14+,18-17+/t37?,38-/m0/s1. The second-order valence-electron chi connectivity index (χ2n) is 12.7. The smallest absolute Gasteiger partial charge is 0.472 e. The van der Waals surface area contributed by atoms with Crippen molar-refractivity contribution in [1.82, 2.24) is 0 Å². The van der Waals surface area contributed by atoms with Crippen LogP contribution < -0.4 is 5.73 Å². The van der Waals surface area contributed by atoms with Gasteiger partial charge in [-0.15, -0.1) is 0 Å². The maximum Gasteiger partial charge on any atom is 0.472 e. The molecule has 4 N–H and O–H groups in total. The third kappa shape index (κ3) is 35.7. The molecule has 0 aromatic heterocycles. The Hall–Kier alpha value is -3.08. The molecule has 0 aliphatic carbocycles. The molecule has 0 bridgehead atoms. The number of aliphatic carboxylic acids is 1. The van der Waals surface area contributed by atoms with Gasteiger partial charge in [0.05, 0.1) is 13.2 Å². The molecule has 0 saturated carbocycles. The molecule has 0 spiro atoms. The van der Waals surface area contributed by atoms with E-state index >= 15 is 0 Å². The van der Waals surface area contributed by atoms with Crippen LogP contribution in [-0.4, -0.2) is 59.9 Å². The van der Waals surface area contributed by atoms with Crippen LogP contribution in [-0.2, 0) is 37.5 Å². The second-order valence-corrected chi connectivity index (χ2v) is 14.2. The SMILES string of the molecule is CC/C=C/C=C/C=C/CCCCCCCC(=O)OC(COC(=O)CCCCCCCC/C=C/C/C=C/C/C=C/CC)COP(=O)(O)OC[C@H](N)C(=O)O. The summed E-state index contributed by atoms with van der Waals surface area (Å²) in [4.78, 5) is 45.8. The Morgan fingerprint density at radius 3 is 1.70 bits per heavy atom. The van der Waals surface area contributed by atoms with Gasteiger partial charge >= 0.3 is 25.7 Å². The molecule has 0 aliphatic rings. The van der Waals surface area contributed by atoms with Crippen LogP contribution in [0.2, 0.25) is 0 Å². The normalized spacial score (nSPS) is 14.6. The number of hydrogen-bond acceptors (Lipinski definition) is 9. The first-order valence-electron chi connectivity index (χ1n) is 19.5. The van der Waals surface area contributed by atoms with E-state index < -0.39 is 51.1 Å². The molecule has 0 fully saturated rings. The molecule has 11 nitrogen and oxygen atoms in total. The van der Waals surface area contributed by atoms with Crippen molar-refractivity contribution in [2.75, 3.05) is 19.8 Å². The lowest BCUT2D eigenvalue weighted by atomic mass is 10.1. The van der Waals surface area contributed by atoms with Crippen LogP contribution in [0.5, 0.6) is 0 Å². The van der Waals surface area contributed by atoms with E-state index in [1.165, 1.54) is 0 Å². The minimum Gasteiger partial charge on any atom is -0.480 e. The molecule has 0 amide bonds. The van der Waals surface area contributed by atoms with E-state index in [-0.39, 0.29) is 19.4 Å². The first-order valence-corrected chi connectivity index (χ1v) is 21.0. The van der Waals surface area contributed by atoms with Crippen LogP contribution in [0, 0.1) is 0 Å². The van der Waals surface area contributed by atoms with Gasteiger partial charge in [0.2, 0.25) is 0 Å². The van der Waals surface area contributed by atoms with Crippen LogP contribution in [0.3, 0.4) is 0 Å². The summed E-state index contributed by atoms with van der Waals surface area (Å²) < 4.78 is 32.6. The van der Waals surface area contributed by atoms with E-state index in [0.717, 1.165) is 96.3 Å². The molecular weight excluding hydrogens is 697 g/mol. The van der Waals surface area contributed by atoms with Crippen LogP contribution >= 0.6 is 7.82 Å². The Morgan fingerprint density at radius 1 is 0.604 bits per heavy atom. The maximum absolute atomic E-state index is 12.6. The highest BCUT2D eigenvalue weighted by Crippen LogP contribution is 2.43. The molecular formula is C41H68NO10P. The number of phosphoric acid groups is 1. The maximum atomic E-state index is 12.6. The number of unbranched alkanes of at least 4 members (excludes halogenated alkanes) is 11. The van der Waals surface area contributed by atoms with E-state index in [2.05, 4.69) is 67.0 Å². The predicted octanol–water partition coefficient (Wildman–Crippen LogP) is 9.78. The molecule has 2 unspecified atom stereocenters. The number of ether oxygens (including phenoxy) is 2. The number of carboxylic acid groups (broad SMARTS) is 1. The Balaban J connectivity index is 4.48. The highest BCUT2D eigenvalue weighted by atomic mass is 31.2. The van der Waals surface area contributed by atoms with Gasteiger partial charge < -0.3 is 25.2 Å². The van der Waals surface area contributed by atoms with Crippen molar-refractivity contribution in [3.05, 3.63) is 72.9 Å². The zero-order chi connectivity index (χ0) is 39.3. The van der Waals surface area contributed by atoms with Gasteiger partial charge in [-0.1, -0.05) is 132 Å². The van der Waals surface area contributed by atoms with Gasteiger partial charge in [-0.05, 0) is 64.2 Å². The highest BCUT2D eigenvalue weighted by Gasteiger charge is 2.28. The third-order valence-electron chi connectivity index (χ3n) is 7.76.